The van der Waals surface area contributed by atoms with Gasteiger partial charge in [0.1, 0.15) is 0 Å². The second kappa shape index (κ2) is 4.72. The molecule has 1 fully saturated rings. The Hall–Kier alpha value is -0.940. The predicted molar refractivity (Wildman–Crippen MR) is 54.6 cm³/mol. The van der Waals surface area contributed by atoms with Crippen molar-refractivity contribution in [2.45, 2.75) is 31.6 Å². The Balaban J connectivity index is 2.05. The van der Waals surface area contributed by atoms with Crippen LogP contribution in [0.4, 0.5) is 0 Å². The molecule has 0 amide bonds. The largest absolute Gasteiger partial charge is 0.381 e. The molecule has 1 saturated heterocycles. The zero-order chi connectivity index (χ0) is 10.7. The number of nitrogens with zero attached hydrogens (tertiary/aromatic N) is 2. The van der Waals surface area contributed by atoms with Gasteiger partial charge in [0.2, 0.25) is 5.89 Å². The molecular weight excluding hydrogens is 194 g/mol. The number of ether oxygens (including phenoxy) is 1. The van der Waals surface area contributed by atoms with Gasteiger partial charge in [-0.15, -0.1) is 0 Å². The van der Waals surface area contributed by atoms with E-state index in [-0.39, 0.29) is 5.92 Å². The molecule has 0 radical (unpaired) electrons. The van der Waals surface area contributed by atoms with Crippen LogP contribution >= 0.6 is 0 Å². The van der Waals surface area contributed by atoms with Crippen LogP contribution in [0.1, 0.15) is 43.3 Å². The summed E-state index contributed by atoms with van der Waals surface area (Å²) < 4.78 is 10.6. The van der Waals surface area contributed by atoms with Crippen LogP contribution < -0.4 is 5.73 Å². The van der Waals surface area contributed by atoms with Gasteiger partial charge in [-0.25, -0.2) is 0 Å². The Labute approximate surface area is 89.0 Å². The van der Waals surface area contributed by atoms with Gasteiger partial charge < -0.3 is 15.0 Å². The molecular formula is C10H17N3O2. The van der Waals surface area contributed by atoms with Crippen molar-refractivity contribution in [1.29, 1.82) is 0 Å². The van der Waals surface area contributed by atoms with Gasteiger partial charge in [0.15, 0.2) is 5.82 Å². The highest BCUT2D eigenvalue weighted by Gasteiger charge is 2.22. The van der Waals surface area contributed by atoms with Crippen LogP contribution in [0.15, 0.2) is 4.52 Å². The normalized spacial score (nSPS) is 24.0. The molecule has 1 aliphatic rings. The van der Waals surface area contributed by atoms with E-state index >= 15 is 0 Å². The molecule has 0 aromatic carbocycles. The average Bonchev–Trinajstić information content (AvgIpc) is 2.78. The molecule has 0 aliphatic carbocycles. The highest BCUT2D eigenvalue weighted by atomic mass is 16.5. The predicted octanol–water partition coefficient (Wildman–Crippen LogP) is 1.03. The minimum atomic E-state index is 0.135. The van der Waals surface area contributed by atoms with Gasteiger partial charge in [0.25, 0.3) is 0 Å². The Morgan fingerprint density at radius 2 is 2.47 bits per heavy atom. The Morgan fingerprint density at radius 1 is 1.60 bits per heavy atom. The van der Waals surface area contributed by atoms with E-state index in [0.717, 1.165) is 25.3 Å². The molecule has 1 aromatic rings. The molecule has 2 N–H and O–H groups in total. The fraction of sp³-hybridized carbons (Fsp3) is 0.800. The maximum atomic E-state index is 5.54. The first-order valence-corrected chi connectivity index (χ1v) is 5.42. The zero-order valence-electron chi connectivity index (χ0n) is 8.98. The zero-order valence-corrected chi connectivity index (χ0v) is 8.98. The van der Waals surface area contributed by atoms with E-state index in [0.29, 0.717) is 25.0 Å². The lowest BCUT2D eigenvalue weighted by Gasteiger charge is -2.18. The Kier molecular flexibility index (Phi) is 3.33. The Bertz CT molecular complexity index is 307. The summed E-state index contributed by atoms with van der Waals surface area (Å²) >= 11 is 0. The van der Waals surface area contributed by atoms with E-state index in [2.05, 4.69) is 10.1 Å². The molecule has 5 nitrogen and oxygen atoms in total. The van der Waals surface area contributed by atoms with Gasteiger partial charge >= 0.3 is 0 Å². The van der Waals surface area contributed by atoms with E-state index < -0.39 is 0 Å². The minimum Gasteiger partial charge on any atom is -0.381 e. The highest BCUT2D eigenvalue weighted by Crippen LogP contribution is 2.24. The average molecular weight is 211 g/mol. The van der Waals surface area contributed by atoms with Crippen LogP contribution in [0, 0.1) is 0 Å². The second-order valence-corrected chi connectivity index (χ2v) is 4.04. The molecule has 84 valence electrons. The van der Waals surface area contributed by atoms with E-state index in [1.807, 2.05) is 6.92 Å². The third kappa shape index (κ3) is 2.35. The lowest BCUT2D eigenvalue weighted by Crippen LogP contribution is -2.17. The van der Waals surface area contributed by atoms with E-state index in [1.54, 1.807) is 0 Å². The lowest BCUT2D eigenvalue weighted by atomic mass is 10.0. The van der Waals surface area contributed by atoms with Crippen molar-refractivity contribution in [2.24, 2.45) is 5.73 Å². The summed E-state index contributed by atoms with van der Waals surface area (Å²) in [5.41, 5.74) is 5.54. The van der Waals surface area contributed by atoms with Gasteiger partial charge in [-0.1, -0.05) is 12.1 Å². The van der Waals surface area contributed by atoms with Gasteiger partial charge in [-0.05, 0) is 12.8 Å². The van der Waals surface area contributed by atoms with Crippen LogP contribution in [-0.2, 0) is 4.74 Å². The maximum Gasteiger partial charge on any atom is 0.230 e. The van der Waals surface area contributed by atoms with Crippen molar-refractivity contribution in [3.05, 3.63) is 11.7 Å². The van der Waals surface area contributed by atoms with Gasteiger partial charge in [0.05, 0.1) is 6.61 Å². The number of aromatic nitrogens is 2. The van der Waals surface area contributed by atoms with Crippen LogP contribution in [0.3, 0.4) is 0 Å². The second-order valence-electron chi connectivity index (χ2n) is 4.04. The van der Waals surface area contributed by atoms with Crippen molar-refractivity contribution in [3.8, 4) is 0 Å². The topological polar surface area (TPSA) is 74.2 Å². The monoisotopic (exact) mass is 211 g/mol. The van der Waals surface area contributed by atoms with Crippen molar-refractivity contribution < 1.29 is 9.26 Å². The van der Waals surface area contributed by atoms with Crippen molar-refractivity contribution in [3.63, 3.8) is 0 Å². The van der Waals surface area contributed by atoms with Crippen LogP contribution in [0.2, 0.25) is 0 Å². The lowest BCUT2D eigenvalue weighted by molar-refractivity contribution is 0.0773. The SMILES string of the molecule is CC(CN)c1nc(C2CCCOC2)no1. The molecule has 0 saturated carbocycles. The van der Waals surface area contributed by atoms with Crippen molar-refractivity contribution in [2.75, 3.05) is 19.8 Å². The molecule has 2 unspecified atom stereocenters. The van der Waals surface area contributed by atoms with Crippen molar-refractivity contribution >= 4 is 0 Å². The van der Waals surface area contributed by atoms with Gasteiger partial charge in [-0.2, -0.15) is 4.98 Å². The summed E-state index contributed by atoms with van der Waals surface area (Å²) in [5, 5.41) is 3.99. The smallest absolute Gasteiger partial charge is 0.230 e. The molecule has 15 heavy (non-hydrogen) atoms. The third-order valence-corrected chi connectivity index (χ3v) is 2.76. The highest BCUT2D eigenvalue weighted by molar-refractivity contribution is 4.99. The minimum absolute atomic E-state index is 0.135. The quantitative estimate of drug-likeness (QED) is 0.808. The molecule has 1 aliphatic heterocycles. The summed E-state index contributed by atoms with van der Waals surface area (Å²) in [7, 11) is 0. The Morgan fingerprint density at radius 3 is 3.13 bits per heavy atom. The fourth-order valence-electron chi connectivity index (χ4n) is 1.66. The van der Waals surface area contributed by atoms with E-state index in [1.165, 1.54) is 0 Å². The fourth-order valence-corrected chi connectivity index (χ4v) is 1.66. The summed E-state index contributed by atoms with van der Waals surface area (Å²) in [6, 6.07) is 0. The van der Waals surface area contributed by atoms with E-state index in [4.69, 9.17) is 15.0 Å². The number of nitrogens with two attached hydrogens (primary N) is 1. The van der Waals surface area contributed by atoms with Crippen LogP contribution in [-0.4, -0.2) is 29.9 Å². The number of hydrogen-bond acceptors (Lipinski definition) is 5. The summed E-state index contributed by atoms with van der Waals surface area (Å²) in [4.78, 5) is 4.37. The summed E-state index contributed by atoms with van der Waals surface area (Å²) in [6.07, 6.45) is 2.15. The standard InChI is InChI=1S/C10H17N3O2/c1-7(5-11)10-12-9(13-15-10)8-3-2-4-14-6-8/h7-8H,2-6,11H2,1H3. The molecule has 1 aromatic heterocycles. The van der Waals surface area contributed by atoms with Gasteiger partial charge in [0, 0.05) is 25.0 Å². The number of rotatable bonds is 3. The van der Waals surface area contributed by atoms with Crippen molar-refractivity contribution in [1.82, 2.24) is 10.1 Å². The van der Waals surface area contributed by atoms with E-state index in [9.17, 15) is 0 Å². The first-order chi connectivity index (χ1) is 7.31. The molecule has 0 bridgehead atoms. The summed E-state index contributed by atoms with van der Waals surface area (Å²) in [6.45, 7) is 4.06. The number of hydrogen-bond donors (Lipinski definition) is 1. The molecule has 0 spiro atoms. The van der Waals surface area contributed by atoms with Crippen LogP contribution in [0.5, 0.6) is 0 Å². The molecule has 5 heteroatoms. The van der Waals surface area contributed by atoms with Gasteiger partial charge in [-0.3, -0.25) is 0 Å². The summed E-state index contributed by atoms with van der Waals surface area (Å²) in [5.74, 6) is 1.83. The third-order valence-electron chi connectivity index (χ3n) is 2.76. The molecule has 2 atom stereocenters. The van der Waals surface area contributed by atoms with Crippen LogP contribution in [0.25, 0.3) is 0 Å². The first kappa shape index (κ1) is 10.6. The first-order valence-electron chi connectivity index (χ1n) is 5.42. The molecule has 2 rings (SSSR count). The maximum absolute atomic E-state index is 5.54. The molecule has 2 heterocycles.